The fourth-order valence-corrected chi connectivity index (χ4v) is 0. The predicted molar refractivity (Wildman–Crippen MR) is 20.3 cm³/mol. The minimum Gasteiger partial charge on any atom is -0.473 e. The Labute approximate surface area is 64.4 Å². The Hall–Kier alpha value is -0.217. The zero-order valence-electron chi connectivity index (χ0n) is 3.92. The number of hydrogen-bond donors (Lipinski definition) is 3. The molecule has 0 unspecified atom stereocenters. The summed E-state index contributed by atoms with van der Waals surface area (Å²) in [5.74, 6) is -3.65. The summed E-state index contributed by atoms with van der Waals surface area (Å²) in [5.41, 5.74) is 0. The van der Waals surface area contributed by atoms with Crippen molar-refractivity contribution in [3.05, 3.63) is 0 Å². The van der Waals surface area contributed by atoms with Crippen molar-refractivity contribution < 1.29 is 46.0 Å². The van der Waals surface area contributed by atoms with Gasteiger partial charge < -0.3 is 16.4 Å². The van der Waals surface area contributed by atoms with Crippen molar-refractivity contribution in [2.24, 2.45) is 0 Å². The number of rotatable bonds is 0. The molecule has 0 atom stereocenters. The molecule has 0 rings (SSSR count). The smallest absolute Gasteiger partial charge is 0.414 e. The Morgan fingerprint density at radius 1 is 1.00 bits per heavy atom. The van der Waals surface area contributed by atoms with Gasteiger partial charge in [0.1, 0.15) is 0 Å². The van der Waals surface area contributed by atoms with Crippen LogP contribution in [0.1, 0.15) is 0 Å². The third-order valence-corrected chi connectivity index (χ3v) is 0.183. The molecule has 0 radical (unpaired) electrons. The molecule has 0 bridgehead atoms. The van der Waals surface area contributed by atoms with Gasteiger partial charge in [-0.25, -0.2) is 9.59 Å². The molecule has 0 aliphatic rings. The summed E-state index contributed by atoms with van der Waals surface area (Å²) in [7, 11) is 0. The van der Waals surface area contributed by atoms with Crippen molar-refractivity contribution >= 4 is 11.9 Å². The average molecular weight is 198 g/mol. The Morgan fingerprint density at radius 2 is 1.12 bits per heavy atom. The van der Waals surface area contributed by atoms with Gasteiger partial charge >= 0.3 is 11.9 Å². The van der Waals surface area contributed by atoms with Crippen LogP contribution in [0.4, 0.5) is 0 Å². The Bertz CT molecular complexity index is 80.0. The van der Waals surface area contributed by atoms with Crippen molar-refractivity contribution in [2.75, 3.05) is 0 Å². The number of carbonyl (C=O) groups is 2. The molecular weight excluding hydrogens is 193 g/mol. The number of hydrogen-bond acceptors (Lipinski definition) is 3. The second kappa shape index (κ2) is 6.78. The second-order valence-corrected chi connectivity index (χ2v) is 0.610. The molecule has 0 aliphatic heterocycles. The van der Waals surface area contributed by atoms with Crippen LogP contribution in [0.3, 0.4) is 0 Å². The van der Waals surface area contributed by atoms with Gasteiger partial charge in [0.2, 0.25) is 0 Å². The molecule has 0 aliphatic carbocycles. The minimum atomic E-state index is -1.82. The van der Waals surface area contributed by atoms with Gasteiger partial charge in [-0.05, 0) is 0 Å². The summed E-state index contributed by atoms with van der Waals surface area (Å²) >= 11 is 0. The van der Waals surface area contributed by atoms with E-state index in [1.54, 1.807) is 0 Å². The largest absolute Gasteiger partial charge is 0.473 e. The molecule has 0 saturated heterocycles. The maximum Gasteiger partial charge on any atom is 0.414 e. The van der Waals surface area contributed by atoms with E-state index in [1.807, 2.05) is 0 Å². The first-order valence-corrected chi connectivity index (χ1v) is 1.11. The van der Waals surface area contributed by atoms with E-state index >= 15 is 0 Å². The van der Waals surface area contributed by atoms with Gasteiger partial charge in [-0.1, -0.05) is 0 Å². The fourth-order valence-electron chi connectivity index (χ4n) is 0. The molecular formula is C2H5NO4Zr. The SMILES string of the molecule is N.O=C(O)C(=O)O.[Zr]. The van der Waals surface area contributed by atoms with Crippen LogP contribution in [0.25, 0.3) is 0 Å². The maximum atomic E-state index is 9.10. The molecule has 46 valence electrons. The van der Waals surface area contributed by atoms with E-state index < -0.39 is 11.9 Å². The minimum absolute atomic E-state index is 0. The van der Waals surface area contributed by atoms with Crippen LogP contribution >= 0.6 is 0 Å². The quantitative estimate of drug-likeness (QED) is 0.446. The average Bonchev–Trinajstić information content (AvgIpc) is 1.36. The predicted octanol–water partition coefficient (Wildman–Crippen LogP) is -0.685. The Kier molecular flexibility index (Phi) is 13.3. The van der Waals surface area contributed by atoms with Gasteiger partial charge in [-0.2, -0.15) is 0 Å². The van der Waals surface area contributed by atoms with E-state index in [0.717, 1.165) is 0 Å². The molecule has 0 aromatic heterocycles. The van der Waals surface area contributed by atoms with Gasteiger partial charge in [0.25, 0.3) is 0 Å². The summed E-state index contributed by atoms with van der Waals surface area (Å²) in [6.07, 6.45) is 0. The zero-order valence-corrected chi connectivity index (χ0v) is 6.38. The van der Waals surface area contributed by atoms with Gasteiger partial charge in [0.05, 0.1) is 0 Å². The molecule has 0 heterocycles. The topological polar surface area (TPSA) is 110 Å². The van der Waals surface area contributed by atoms with Crippen molar-refractivity contribution in [1.82, 2.24) is 6.15 Å². The third-order valence-electron chi connectivity index (χ3n) is 0.183. The molecule has 0 aromatic carbocycles. The first kappa shape index (κ1) is 15.7. The standard InChI is InChI=1S/C2H2O4.H3N.Zr/c3-1(4)2(5)6;;/h(H,3,4)(H,5,6);1H3;. The van der Waals surface area contributed by atoms with Crippen LogP contribution in [0.2, 0.25) is 0 Å². The van der Waals surface area contributed by atoms with Crippen LogP contribution in [0, 0.1) is 0 Å². The molecule has 8 heavy (non-hydrogen) atoms. The van der Waals surface area contributed by atoms with Crippen molar-refractivity contribution in [2.45, 2.75) is 0 Å². The Morgan fingerprint density at radius 3 is 1.12 bits per heavy atom. The van der Waals surface area contributed by atoms with Gasteiger partial charge in [-0.3, -0.25) is 0 Å². The van der Waals surface area contributed by atoms with Gasteiger partial charge in [-0.15, -0.1) is 0 Å². The molecule has 5 N–H and O–H groups in total. The van der Waals surface area contributed by atoms with Crippen LogP contribution < -0.4 is 6.15 Å². The fraction of sp³-hybridized carbons (Fsp3) is 0. The summed E-state index contributed by atoms with van der Waals surface area (Å²) in [6, 6.07) is 0. The van der Waals surface area contributed by atoms with E-state index in [2.05, 4.69) is 0 Å². The van der Waals surface area contributed by atoms with Crippen LogP contribution in [0.15, 0.2) is 0 Å². The third kappa shape index (κ3) is 9.24. The first-order chi connectivity index (χ1) is 2.64. The van der Waals surface area contributed by atoms with Crippen LogP contribution in [-0.2, 0) is 35.8 Å². The zero-order chi connectivity index (χ0) is 5.15. The molecule has 0 fully saturated rings. The summed E-state index contributed by atoms with van der Waals surface area (Å²) in [4.78, 5) is 18.2. The van der Waals surface area contributed by atoms with E-state index in [0.29, 0.717) is 0 Å². The maximum absolute atomic E-state index is 9.10. The Balaban J connectivity index is -0.000000125. The molecule has 6 heteroatoms. The molecule has 0 saturated carbocycles. The number of carboxylic acids is 2. The van der Waals surface area contributed by atoms with Gasteiger partial charge in [0, 0.05) is 26.2 Å². The van der Waals surface area contributed by atoms with E-state index in [1.165, 1.54) is 0 Å². The van der Waals surface area contributed by atoms with Crippen molar-refractivity contribution in [3.63, 3.8) is 0 Å². The second-order valence-electron chi connectivity index (χ2n) is 0.610. The van der Waals surface area contributed by atoms with Crippen molar-refractivity contribution in [3.8, 4) is 0 Å². The first-order valence-electron chi connectivity index (χ1n) is 1.11. The van der Waals surface area contributed by atoms with Crippen LogP contribution in [0.5, 0.6) is 0 Å². The molecule has 0 aromatic rings. The van der Waals surface area contributed by atoms with Crippen molar-refractivity contribution in [1.29, 1.82) is 0 Å². The molecule has 0 spiro atoms. The van der Waals surface area contributed by atoms with E-state index in [4.69, 9.17) is 19.8 Å². The van der Waals surface area contributed by atoms with Crippen LogP contribution in [-0.4, -0.2) is 22.2 Å². The van der Waals surface area contributed by atoms with E-state index in [-0.39, 0.29) is 32.4 Å². The number of aliphatic carboxylic acids is 2. The summed E-state index contributed by atoms with van der Waals surface area (Å²) < 4.78 is 0. The van der Waals surface area contributed by atoms with Gasteiger partial charge in [0.15, 0.2) is 0 Å². The van der Waals surface area contributed by atoms with E-state index in [9.17, 15) is 0 Å². The summed E-state index contributed by atoms with van der Waals surface area (Å²) in [5, 5.41) is 14.8. The summed E-state index contributed by atoms with van der Waals surface area (Å²) in [6.45, 7) is 0. The molecule has 0 amide bonds. The normalized spacial score (nSPS) is 5.50. The number of carboxylic acid groups (broad SMARTS) is 2. The monoisotopic (exact) mass is 197 g/mol. The molecule has 5 nitrogen and oxygen atoms in total.